The van der Waals surface area contributed by atoms with Gasteiger partial charge >= 0.3 is 5.97 Å². The first-order valence-electron chi connectivity index (χ1n) is 12.7. The van der Waals surface area contributed by atoms with Gasteiger partial charge in [-0.3, -0.25) is 4.79 Å². The fourth-order valence-corrected chi connectivity index (χ4v) is 5.18. The molecule has 0 aliphatic rings. The molecule has 0 fully saturated rings. The third-order valence-corrected chi connectivity index (χ3v) is 8.46. The van der Waals surface area contributed by atoms with Crippen LogP contribution < -0.4 is 20.5 Å². The molecular weight excluding hydrogens is 677 g/mol. The van der Waals surface area contributed by atoms with Crippen molar-refractivity contribution < 1.29 is 19.1 Å². The Labute approximate surface area is 280 Å². The Morgan fingerprint density at radius 1 is 0.674 bits per heavy atom. The van der Waals surface area contributed by atoms with E-state index in [-0.39, 0.29) is 56.1 Å². The second-order valence-corrected chi connectivity index (χ2v) is 11.2. The molecule has 0 saturated heterocycles. The van der Waals surface area contributed by atoms with E-state index < -0.39 is 24.0 Å². The third-order valence-electron chi connectivity index (χ3n) is 6.22. The Kier molecular flexibility index (Phi) is 13.3. The molecule has 43 heavy (non-hydrogen) atoms. The number of halogens is 6. The van der Waals surface area contributed by atoms with Crippen molar-refractivity contribution in [1.29, 1.82) is 0 Å². The first kappa shape index (κ1) is 34.8. The number of hydrogen-bond acceptors (Lipinski definition) is 5. The first-order valence-corrected chi connectivity index (χ1v) is 14.6. The monoisotopic (exact) mass is 700 g/mol. The lowest BCUT2D eigenvalue weighted by Gasteiger charge is -2.21. The summed E-state index contributed by atoms with van der Waals surface area (Å²) in [5.74, 6) is -0.987. The van der Waals surface area contributed by atoms with Crippen molar-refractivity contribution in [3.63, 3.8) is 0 Å². The van der Waals surface area contributed by atoms with E-state index >= 15 is 0 Å². The molecule has 2 unspecified atom stereocenters. The van der Waals surface area contributed by atoms with Crippen LogP contribution in [0.1, 0.15) is 16.7 Å². The molecule has 0 radical (unpaired) electrons. The molecule has 4 aromatic rings. The van der Waals surface area contributed by atoms with Gasteiger partial charge in [0, 0.05) is 6.42 Å². The van der Waals surface area contributed by atoms with E-state index in [2.05, 4.69) is 5.32 Å². The SMILES string of the molecule is Cl.NC(Cc1ccc(OCc2ccccc2)cc1)C(=O)NC(Cc1ccccc1)C(=O)Oc1c(Cl)c(Cl)c(Cl)c(Cl)c1Cl. The molecule has 4 rings (SSSR count). The molecule has 2 atom stereocenters. The van der Waals surface area contributed by atoms with Gasteiger partial charge in [-0.25, -0.2) is 4.79 Å². The highest BCUT2D eigenvalue weighted by atomic mass is 35.5. The molecule has 4 aromatic carbocycles. The van der Waals surface area contributed by atoms with Crippen LogP contribution in [0.5, 0.6) is 11.5 Å². The summed E-state index contributed by atoms with van der Waals surface area (Å²) >= 11 is 30.8. The van der Waals surface area contributed by atoms with E-state index in [4.69, 9.17) is 73.2 Å². The van der Waals surface area contributed by atoms with Crippen molar-refractivity contribution in [2.24, 2.45) is 5.73 Å². The van der Waals surface area contributed by atoms with Crippen LogP contribution in [-0.2, 0) is 29.0 Å². The molecule has 0 spiro atoms. The minimum absolute atomic E-state index is 0. The van der Waals surface area contributed by atoms with E-state index in [0.29, 0.717) is 12.4 Å². The van der Waals surface area contributed by atoms with Gasteiger partial charge in [-0.15, -0.1) is 12.4 Å². The Hall–Kier alpha value is -2.68. The Morgan fingerprint density at radius 3 is 1.72 bits per heavy atom. The summed E-state index contributed by atoms with van der Waals surface area (Å²) in [5.41, 5.74) is 8.87. The smallest absolute Gasteiger partial charge is 0.334 e. The normalized spacial score (nSPS) is 12.0. The number of nitrogens with two attached hydrogens (primary N) is 1. The zero-order valence-electron chi connectivity index (χ0n) is 22.4. The second kappa shape index (κ2) is 16.4. The molecule has 1 amide bonds. The van der Waals surface area contributed by atoms with Crippen LogP contribution in [0.15, 0.2) is 84.9 Å². The summed E-state index contributed by atoms with van der Waals surface area (Å²) in [6.07, 6.45) is 0.327. The van der Waals surface area contributed by atoms with Crippen LogP contribution in [0.4, 0.5) is 0 Å². The van der Waals surface area contributed by atoms with Crippen molar-refractivity contribution in [3.05, 3.63) is 127 Å². The van der Waals surface area contributed by atoms with E-state index in [1.807, 2.05) is 84.9 Å². The summed E-state index contributed by atoms with van der Waals surface area (Å²) in [4.78, 5) is 26.5. The molecule has 0 heterocycles. The number of esters is 1. The van der Waals surface area contributed by atoms with Crippen LogP contribution in [0.2, 0.25) is 25.1 Å². The maximum Gasteiger partial charge on any atom is 0.334 e. The highest BCUT2D eigenvalue weighted by molar-refractivity contribution is 6.55. The maximum absolute atomic E-state index is 13.3. The summed E-state index contributed by atoms with van der Waals surface area (Å²) < 4.78 is 11.3. The van der Waals surface area contributed by atoms with Gasteiger partial charge in [0.25, 0.3) is 0 Å². The van der Waals surface area contributed by atoms with Crippen LogP contribution in [-0.4, -0.2) is 24.0 Å². The number of amides is 1. The fraction of sp³-hybridized carbons (Fsp3) is 0.161. The predicted molar refractivity (Wildman–Crippen MR) is 175 cm³/mol. The van der Waals surface area contributed by atoms with Crippen molar-refractivity contribution in [1.82, 2.24) is 5.32 Å². The molecule has 6 nitrogen and oxygen atoms in total. The topological polar surface area (TPSA) is 90.6 Å². The zero-order chi connectivity index (χ0) is 30.2. The van der Waals surface area contributed by atoms with Gasteiger partial charge < -0.3 is 20.5 Å². The number of benzene rings is 4. The lowest BCUT2D eigenvalue weighted by Crippen LogP contribution is -2.51. The highest BCUT2D eigenvalue weighted by Crippen LogP contribution is 2.48. The largest absolute Gasteiger partial charge is 0.489 e. The van der Waals surface area contributed by atoms with Gasteiger partial charge in [-0.05, 0) is 35.2 Å². The van der Waals surface area contributed by atoms with Crippen LogP contribution >= 0.6 is 70.4 Å². The van der Waals surface area contributed by atoms with Gasteiger partial charge in [0.2, 0.25) is 5.91 Å². The van der Waals surface area contributed by atoms with E-state index in [9.17, 15) is 9.59 Å². The summed E-state index contributed by atoms with van der Waals surface area (Å²) in [6.45, 7) is 0.436. The molecule has 0 saturated carbocycles. The number of hydrogen-bond donors (Lipinski definition) is 2. The van der Waals surface area contributed by atoms with Crippen LogP contribution in [0, 0.1) is 0 Å². The van der Waals surface area contributed by atoms with Crippen LogP contribution in [0.3, 0.4) is 0 Å². The fourth-order valence-electron chi connectivity index (χ4n) is 3.98. The average molecular weight is 703 g/mol. The Morgan fingerprint density at radius 2 is 1.16 bits per heavy atom. The lowest BCUT2D eigenvalue weighted by atomic mass is 10.0. The first-order chi connectivity index (χ1) is 20.1. The number of carbonyl (C=O) groups is 2. The molecule has 3 N–H and O–H groups in total. The summed E-state index contributed by atoms with van der Waals surface area (Å²) in [5, 5.41) is 1.97. The average Bonchev–Trinajstić information content (AvgIpc) is 3.01. The predicted octanol–water partition coefficient (Wildman–Crippen LogP) is 8.16. The lowest BCUT2D eigenvalue weighted by molar-refractivity contribution is -0.139. The maximum atomic E-state index is 13.3. The molecule has 226 valence electrons. The van der Waals surface area contributed by atoms with E-state index in [1.54, 1.807) is 0 Å². The third kappa shape index (κ3) is 9.40. The molecule has 0 aromatic heterocycles. The van der Waals surface area contributed by atoms with Crippen molar-refractivity contribution in [2.45, 2.75) is 31.5 Å². The highest BCUT2D eigenvalue weighted by Gasteiger charge is 2.29. The number of rotatable bonds is 11. The van der Waals surface area contributed by atoms with Gasteiger partial charge in [0.05, 0.1) is 21.1 Å². The van der Waals surface area contributed by atoms with Gasteiger partial charge in [-0.2, -0.15) is 0 Å². The number of carbonyl (C=O) groups excluding carboxylic acids is 2. The van der Waals surface area contributed by atoms with Gasteiger partial charge in [-0.1, -0.05) is 131 Å². The standard InChI is InChI=1S/C31H25Cl5N2O4.ClH/c32-24-25(33)27(35)29(28(36)26(24)34)42-31(40)23(16-18-7-3-1-4-8-18)38-30(39)22(37)15-19-11-13-21(14-12-19)41-17-20-9-5-2-6-10-20;/h1-14,22-23H,15-17,37H2,(H,38,39);1H. The summed E-state index contributed by atoms with van der Waals surface area (Å²) in [7, 11) is 0. The quantitative estimate of drug-likeness (QED) is 0.0713. The van der Waals surface area contributed by atoms with Crippen molar-refractivity contribution in [2.75, 3.05) is 0 Å². The minimum Gasteiger partial charge on any atom is -0.489 e. The van der Waals surface area contributed by atoms with Crippen LogP contribution in [0.25, 0.3) is 0 Å². The minimum atomic E-state index is -1.14. The van der Waals surface area contributed by atoms with Crippen molar-refractivity contribution >= 4 is 82.3 Å². The number of nitrogens with one attached hydrogen (secondary N) is 1. The number of ether oxygens (including phenoxy) is 2. The van der Waals surface area contributed by atoms with E-state index in [1.165, 1.54) is 0 Å². The van der Waals surface area contributed by atoms with Crippen molar-refractivity contribution in [3.8, 4) is 11.5 Å². The van der Waals surface area contributed by atoms with E-state index in [0.717, 1.165) is 16.7 Å². The van der Waals surface area contributed by atoms with Gasteiger partial charge in [0.1, 0.15) is 28.4 Å². The molecule has 0 aliphatic heterocycles. The zero-order valence-corrected chi connectivity index (χ0v) is 27.0. The molecule has 12 heteroatoms. The molecule has 0 aliphatic carbocycles. The summed E-state index contributed by atoms with van der Waals surface area (Å²) in [6, 6.07) is 24.1. The molecular formula is C31H26Cl6N2O4. The van der Waals surface area contributed by atoms with Gasteiger partial charge in [0.15, 0.2) is 5.75 Å². The second-order valence-electron chi connectivity index (χ2n) is 9.30. The Bertz CT molecular complexity index is 1510. The Balaban J connectivity index is 0.00000506. The molecule has 0 bridgehead atoms.